The second-order valence-corrected chi connectivity index (χ2v) is 5.98. The van der Waals surface area contributed by atoms with Crippen LogP contribution in [0.2, 0.25) is 0 Å². The molecule has 1 aliphatic heterocycles. The molecule has 0 N–H and O–H groups in total. The van der Waals surface area contributed by atoms with Gasteiger partial charge in [-0.05, 0) is 37.9 Å². The maximum atomic E-state index is 13.7. The molecule has 0 bridgehead atoms. The molecule has 2 heterocycles. The molecule has 5 nitrogen and oxygen atoms in total. The van der Waals surface area contributed by atoms with Crippen LogP contribution in [0.3, 0.4) is 0 Å². The van der Waals surface area contributed by atoms with E-state index in [2.05, 4.69) is 16.7 Å². The number of anilines is 1. The predicted molar refractivity (Wildman–Crippen MR) is 98.5 cm³/mol. The lowest BCUT2D eigenvalue weighted by molar-refractivity contribution is 0.453. The third-order valence-electron chi connectivity index (χ3n) is 4.17. The second-order valence-electron chi connectivity index (χ2n) is 5.98. The summed E-state index contributed by atoms with van der Waals surface area (Å²) in [7, 11) is 0. The number of hydrogen-bond acceptors (Lipinski definition) is 5. The number of allylic oxidation sites excluding steroid dienone is 4. The van der Waals surface area contributed by atoms with Crippen LogP contribution in [-0.2, 0) is 19.4 Å². The van der Waals surface area contributed by atoms with E-state index in [-0.39, 0.29) is 0 Å². The van der Waals surface area contributed by atoms with Crippen molar-refractivity contribution in [2.75, 3.05) is 11.4 Å². The quantitative estimate of drug-likeness (QED) is 0.605. The summed E-state index contributed by atoms with van der Waals surface area (Å²) in [5.41, 5.74) is 2.60. The van der Waals surface area contributed by atoms with Gasteiger partial charge in [-0.3, -0.25) is 4.99 Å². The van der Waals surface area contributed by atoms with Crippen LogP contribution in [0.5, 0.6) is 0 Å². The van der Waals surface area contributed by atoms with E-state index in [1.807, 2.05) is 36.1 Å². The van der Waals surface area contributed by atoms with Crippen LogP contribution < -0.4 is 4.90 Å². The van der Waals surface area contributed by atoms with Crippen molar-refractivity contribution in [1.29, 1.82) is 5.26 Å². The minimum Gasteiger partial charge on any atom is -0.445 e. The molecular formula is C20H19FN4O. The monoisotopic (exact) mass is 350 g/mol. The van der Waals surface area contributed by atoms with Gasteiger partial charge in [0.2, 0.25) is 5.89 Å². The Kier molecular flexibility index (Phi) is 5.28. The van der Waals surface area contributed by atoms with E-state index in [0.29, 0.717) is 43.1 Å². The van der Waals surface area contributed by atoms with Crippen molar-refractivity contribution in [3.8, 4) is 6.07 Å². The normalized spacial score (nSPS) is 14.3. The Hall–Kier alpha value is -3.20. The Morgan fingerprint density at radius 1 is 1.50 bits per heavy atom. The van der Waals surface area contributed by atoms with E-state index in [1.54, 1.807) is 6.07 Å². The van der Waals surface area contributed by atoms with E-state index in [4.69, 9.17) is 9.68 Å². The Morgan fingerprint density at radius 2 is 2.35 bits per heavy atom. The zero-order valence-electron chi connectivity index (χ0n) is 14.6. The van der Waals surface area contributed by atoms with E-state index in [1.165, 1.54) is 12.1 Å². The first-order valence-corrected chi connectivity index (χ1v) is 8.34. The summed E-state index contributed by atoms with van der Waals surface area (Å²) in [4.78, 5) is 10.6. The SMILES string of the molecule is C=N/C(=C\C=C/C)Cc1nc2c(o1)CCN(c1cc(F)cc(C#N)c1)C2. The van der Waals surface area contributed by atoms with Gasteiger partial charge < -0.3 is 9.32 Å². The van der Waals surface area contributed by atoms with E-state index >= 15 is 0 Å². The Morgan fingerprint density at radius 3 is 3.08 bits per heavy atom. The maximum Gasteiger partial charge on any atom is 0.200 e. The smallest absolute Gasteiger partial charge is 0.200 e. The van der Waals surface area contributed by atoms with Gasteiger partial charge in [-0.2, -0.15) is 5.26 Å². The number of aromatic nitrogens is 1. The van der Waals surface area contributed by atoms with Gasteiger partial charge in [0.1, 0.15) is 17.3 Å². The van der Waals surface area contributed by atoms with Gasteiger partial charge in [-0.1, -0.05) is 12.2 Å². The summed E-state index contributed by atoms with van der Waals surface area (Å²) in [6.07, 6.45) is 6.83. The molecule has 0 aliphatic carbocycles. The van der Waals surface area contributed by atoms with Crippen molar-refractivity contribution in [3.05, 3.63) is 70.8 Å². The Balaban J connectivity index is 1.79. The average molecular weight is 350 g/mol. The summed E-state index contributed by atoms with van der Waals surface area (Å²) in [6, 6.07) is 6.34. The van der Waals surface area contributed by atoms with Crippen LogP contribution in [0.4, 0.5) is 10.1 Å². The number of halogens is 1. The van der Waals surface area contributed by atoms with Crippen LogP contribution >= 0.6 is 0 Å². The van der Waals surface area contributed by atoms with Crippen molar-refractivity contribution in [2.24, 2.45) is 4.99 Å². The van der Waals surface area contributed by atoms with Gasteiger partial charge in [-0.15, -0.1) is 0 Å². The minimum absolute atomic E-state index is 0.308. The van der Waals surface area contributed by atoms with Crippen molar-refractivity contribution >= 4 is 12.4 Å². The third kappa shape index (κ3) is 3.89. The first-order valence-electron chi connectivity index (χ1n) is 8.34. The standard InChI is InChI=1S/C20H19FN4O/c1-3-4-5-16(23-2)11-20-24-18-13-25(7-6-19(18)26-20)17-9-14(12-22)8-15(21)10-17/h3-5,8-10H,2,6-7,11,13H2,1H3/b4-3-,16-5-. The molecule has 0 fully saturated rings. The van der Waals surface area contributed by atoms with Gasteiger partial charge in [0.25, 0.3) is 0 Å². The van der Waals surface area contributed by atoms with Crippen LogP contribution in [0.1, 0.15) is 29.8 Å². The molecule has 3 rings (SSSR count). The van der Waals surface area contributed by atoms with Crippen LogP contribution in [0.15, 0.2) is 51.5 Å². The predicted octanol–water partition coefficient (Wildman–Crippen LogP) is 3.95. The van der Waals surface area contributed by atoms with Crippen molar-refractivity contribution in [1.82, 2.24) is 4.98 Å². The highest BCUT2D eigenvalue weighted by Crippen LogP contribution is 2.27. The third-order valence-corrected chi connectivity index (χ3v) is 4.17. The summed E-state index contributed by atoms with van der Waals surface area (Å²) in [5, 5.41) is 9.03. The van der Waals surface area contributed by atoms with Gasteiger partial charge in [-0.25, -0.2) is 9.37 Å². The van der Waals surface area contributed by atoms with Gasteiger partial charge in [0, 0.05) is 24.4 Å². The minimum atomic E-state index is -0.415. The fraction of sp³-hybridized carbons (Fsp3) is 0.250. The molecule has 0 saturated carbocycles. The lowest BCUT2D eigenvalue weighted by Crippen LogP contribution is -2.30. The topological polar surface area (TPSA) is 65.4 Å². The number of aliphatic imine (C=N–C) groups is 1. The zero-order chi connectivity index (χ0) is 18.5. The van der Waals surface area contributed by atoms with Crippen molar-refractivity contribution in [3.63, 3.8) is 0 Å². The lowest BCUT2D eigenvalue weighted by Gasteiger charge is -2.27. The number of rotatable bonds is 5. The molecule has 26 heavy (non-hydrogen) atoms. The highest BCUT2D eigenvalue weighted by Gasteiger charge is 2.23. The number of hydrogen-bond donors (Lipinski definition) is 0. The molecule has 1 aliphatic rings. The molecule has 6 heteroatoms. The summed E-state index contributed by atoms with van der Waals surface area (Å²) in [5.74, 6) is 1.03. The molecule has 0 saturated heterocycles. The highest BCUT2D eigenvalue weighted by molar-refractivity contribution is 5.53. The molecule has 1 aromatic heterocycles. The zero-order valence-corrected chi connectivity index (χ0v) is 14.6. The molecule has 2 aromatic rings. The first-order chi connectivity index (χ1) is 12.6. The molecule has 0 spiro atoms. The van der Waals surface area contributed by atoms with Crippen molar-refractivity contribution in [2.45, 2.75) is 26.3 Å². The summed E-state index contributed by atoms with van der Waals surface area (Å²) < 4.78 is 19.6. The molecule has 0 atom stereocenters. The fourth-order valence-corrected chi connectivity index (χ4v) is 2.90. The van der Waals surface area contributed by atoms with E-state index < -0.39 is 5.82 Å². The average Bonchev–Trinajstić information content (AvgIpc) is 3.05. The number of nitrogens with zero attached hydrogens (tertiary/aromatic N) is 4. The van der Waals surface area contributed by atoms with Crippen LogP contribution in [0, 0.1) is 17.1 Å². The molecular weight excluding hydrogens is 331 g/mol. The fourth-order valence-electron chi connectivity index (χ4n) is 2.90. The number of nitriles is 1. The molecule has 0 unspecified atom stereocenters. The van der Waals surface area contributed by atoms with Gasteiger partial charge in [0.15, 0.2) is 0 Å². The van der Waals surface area contributed by atoms with E-state index in [0.717, 1.165) is 17.2 Å². The Labute approximate surface area is 151 Å². The summed E-state index contributed by atoms with van der Waals surface area (Å²) in [6.45, 7) is 6.70. The Bertz CT molecular complexity index is 920. The summed E-state index contributed by atoms with van der Waals surface area (Å²) >= 11 is 0. The molecule has 1 aromatic carbocycles. The second kappa shape index (κ2) is 7.79. The number of oxazole rings is 1. The van der Waals surface area contributed by atoms with Crippen LogP contribution in [0.25, 0.3) is 0 Å². The van der Waals surface area contributed by atoms with Crippen LogP contribution in [-0.4, -0.2) is 18.2 Å². The largest absolute Gasteiger partial charge is 0.445 e. The molecule has 132 valence electrons. The van der Waals surface area contributed by atoms with Crippen molar-refractivity contribution < 1.29 is 8.81 Å². The number of benzene rings is 1. The molecule has 0 radical (unpaired) electrons. The number of fused-ring (bicyclic) bond motifs is 1. The van der Waals surface area contributed by atoms with E-state index in [9.17, 15) is 4.39 Å². The van der Waals surface area contributed by atoms with Gasteiger partial charge >= 0.3 is 0 Å². The van der Waals surface area contributed by atoms with Gasteiger partial charge in [0.05, 0.1) is 24.6 Å². The highest BCUT2D eigenvalue weighted by atomic mass is 19.1. The molecule has 0 amide bonds. The maximum absolute atomic E-state index is 13.7. The lowest BCUT2D eigenvalue weighted by atomic mass is 10.1. The first kappa shape index (κ1) is 17.6.